The lowest BCUT2D eigenvalue weighted by molar-refractivity contribution is 0.101. The molecule has 0 aliphatic carbocycles. The molecule has 22 heavy (non-hydrogen) atoms. The summed E-state index contributed by atoms with van der Waals surface area (Å²) >= 11 is 1.29. The minimum Gasteiger partial charge on any atom is -0.385 e. The number of benzene rings is 1. The molecule has 4 nitrogen and oxygen atoms in total. The van der Waals surface area contributed by atoms with E-state index in [0.29, 0.717) is 10.4 Å². The molecule has 116 valence electrons. The Hall–Kier alpha value is -1.85. The Balaban J connectivity index is 0.00000176. The topological polar surface area (TPSA) is 58.2 Å². The molecule has 0 saturated heterocycles. The van der Waals surface area contributed by atoms with Crippen molar-refractivity contribution < 1.29 is 9.59 Å². The van der Waals surface area contributed by atoms with Crippen molar-refractivity contribution in [1.82, 2.24) is 0 Å². The summed E-state index contributed by atoms with van der Waals surface area (Å²) < 4.78 is 0. The van der Waals surface area contributed by atoms with Crippen molar-refractivity contribution in [3.8, 4) is 0 Å². The lowest BCUT2D eigenvalue weighted by atomic mass is 10.0. The molecular formula is C16H17ClN2O2S. The fraction of sp³-hybridized carbons (Fsp3) is 0.250. The van der Waals surface area contributed by atoms with Gasteiger partial charge in [0.2, 0.25) is 0 Å². The minimum absolute atomic E-state index is 0. The van der Waals surface area contributed by atoms with Gasteiger partial charge in [0.25, 0.3) is 5.91 Å². The Morgan fingerprint density at radius 2 is 2.09 bits per heavy atom. The third-order valence-electron chi connectivity index (χ3n) is 3.53. The lowest BCUT2D eigenvalue weighted by Gasteiger charge is -2.18. The Morgan fingerprint density at radius 3 is 2.82 bits per heavy atom. The number of hydrogen-bond donors (Lipinski definition) is 2. The van der Waals surface area contributed by atoms with Gasteiger partial charge in [-0.1, -0.05) is 0 Å². The number of anilines is 2. The number of hydrogen-bond acceptors (Lipinski definition) is 4. The molecular weight excluding hydrogens is 320 g/mol. The quantitative estimate of drug-likeness (QED) is 0.833. The van der Waals surface area contributed by atoms with Crippen molar-refractivity contribution in [3.05, 3.63) is 45.6 Å². The van der Waals surface area contributed by atoms with Crippen LogP contribution < -0.4 is 10.6 Å². The first-order valence-electron chi connectivity index (χ1n) is 6.91. The Morgan fingerprint density at radius 1 is 1.27 bits per heavy atom. The maximum absolute atomic E-state index is 12.2. The van der Waals surface area contributed by atoms with Gasteiger partial charge in [0.1, 0.15) is 0 Å². The van der Waals surface area contributed by atoms with Crippen molar-refractivity contribution in [1.29, 1.82) is 0 Å². The average Bonchev–Trinajstić information content (AvgIpc) is 2.97. The van der Waals surface area contributed by atoms with Gasteiger partial charge < -0.3 is 10.6 Å². The molecule has 0 bridgehead atoms. The second-order valence-corrected chi connectivity index (χ2v) is 6.02. The third kappa shape index (κ3) is 3.48. The van der Waals surface area contributed by atoms with Crippen LogP contribution >= 0.6 is 23.7 Å². The number of halogens is 1. The number of ketones is 1. The normalized spacial score (nSPS) is 12.6. The van der Waals surface area contributed by atoms with Crippen molar-refractivity contribution in [2.75, 3.05) is 17.2 Å². The molecule has 0 unspecified atom stereocenters. The maximum Gasteiger partial charge on any atom is 0.265 e. The van der Waals surface area contributed by atoms with E-state index in [2.05, 4.69) is 10.6 Å². The summed E-state index contributed by atoms with van der Waals surface area (Å²) in [4.78, 5) is 24.0. The summed E-state index contributed by atoms with van der Waals surface area (Å²) in [7, 11) is 0. The number of rotatable bonds is 3. The highest BCUT2D eigenvalue weighted by atomic mass is 35.5. The minimum atomic E-state index is -0.170. The van der Waals surface area contributed by atoms with E-state index in [1.54, 1.807) is 11.4 Å². The molecule has 0 fully saturated rings. The second kappa shape index (κ2) is 6.94. The highest BCUT2D eigenvalue weighted by Gasteiger charge is 2.13. The summed E-state index contributed by atoms with van der Waals surface area (Å²) in [6, 6.07) is 7.55. The van der Waals surface area contributed by atoms with Crippen molar-refractivity contribution >= 4 is 46.8 Å². The number of nitrogens with one attached hydrogen (secondary N) is 2. The zero-order valence-electron chi connectivity index (χ0n) is 12.1. The van der Waals surface area contributed by atoms with Crippen LogP contribution in [0, 0.1) is 0 Å². The van der Waals surface area contributed by atoms with Gasteiger partial charge in [-0.05, 0) is 49.6 Å². The standard InChI is InChI=1S/C16H16N2O2S.ClH/c1-10(19)12-8-15(21-9-12)16(20)18-13-4-5-14-11(7-13)3-2-6-17-14;/h4-5,7-9,17H,2-3,6H2,1H3,(H,18,20);1H. The first-order valence-corrected chi connectivity index (χ1v) is 7.79. The first-order chi connectivity index (χ1) is 10.1. The van der Waals surface area contributed by atoms with E-state index in [-0.39, 0.29) is 24.1 Å². The van der Waals surface area contributed by atoms with Crippen LogP contribution in [0.3, 0.4) is 0 Å². The fourth-order valence-electron chi connectivity index (χ4n) is 2.39. The largest absolute Gasteiger partial charge is 0.385 e. The van der Waals surface area contributed by atoms with Gasteiger partial charge in [0.05, 0.1) is 4.88 Å². The first kappa shape index (κ1) is 16.5. The molecule has 0 saturated carbocycles. The van der Waals surface area contributed by atoms with E-state index >= 15 is 0 Å². The molecule has 6 heteroatoms. The smallest absolute Gasteiger partial charge is 0.265 e. The van der Waals surface area contributed by atoms with Crippen molar-refractivity contribution in [2.45, 2.75) is 19.8 Å². The van der Waals surface area contributed by atoms with Gasteiger partial charge in [-0.25, -0.2) is 0 Å². The summed E-state index contributed by atoms with van der Waals surface area (Å²) in [5, 5.41) is 7.95. The molecule has 0 radical (unpaired) electrons. The molecule has 1 aliphatic heterocycles. The predicted molar refractivity (Wildman–Crippen MR) is 92.8 cm³/mol. The van der Waals surface area contributed by atoms with Crippen LogP contribution in [-0.4, -0.2) is 18.2 Å². The summed E-state index contributed by atoms with van der Waals surface area (Å²) in [5.74, 6) is -0.193. The Kier molecular flexibility index (Phi) is 5.21. The summed E-state index contributed by atoms with van der Waals surface area (Å²) in [5.41, 5.74) is 3.75. The van der Waals surface area contributed by atoms with Crippen molar-refractivity contribution in [3.63, 3.8) is 0 Å². The monoisotopic (exact) mass is 336 g/mol. The second-order valence-electron chi connectivity index (χ2n) is 5.11. The lowest BCUT2D eigenvalue weighted by Crippen LogP contribution is -2.14. The van der Waals surface area contributed by atoms with Gasteiger partial charge in [0, 0.05) is 28.9 Å². The maximum atomic E-state index is 12.2. The average molecular weight is 337 g/mol. The summed E-state index contributed by atoms with van der Waals surface area (Å²) in [6.07, 6.45) is 2.14. The molecule has 3 rings (SSSR count). The van der Waals surface area contributed by atoms with Gasteiger partial charge in [-0.15, -0.1) is 23.7 Å². The van der Waals surface area contributed by atoms with Crippen molar-refractivity contribution in [2.24, 2.45) is 0 Å². The third-order valence-corrected chi connectivity index (χ3v) is 4.46. The van der Waals surface area contributed by atoms with Crippen LogP contribution in [0.15, 0.2) is 29.6 Å². The van der Waals surface area contributed by atoms with Gasteiger partial charge >= 0.3 is 0 Å². The zero-order chi connectivity index (χ0) is 14.8. The van der Waals surface area contributed by atoms with E-state index < -0.39 is 0 Å². The predicted octanol–water partition coefficient (Wildman–Crippen LogP) is 3.98. The van der Waals surface area contributed by atoms with E-state index in [1.807, 2.05) is 18.2 Å². The van der Waals surface area contributed by atoms with Crippen LogP contribution in [0.4, 0.5) is 11.4 Å². The van der Waals surface area contributed by atoms with Crippen LogP contribution in [0.2, 0.25) is 0 Å². The Labute approximate surface area is 139 Å². The van der Waals surface area contributed by atoms with Crippen LogP contribution in [0.1, 0.15) is 38.9 Å². The van der Waals surface area contributed by atoms with Gasteiger partial charge in [0.15, 0.2) is 5.78 Å². The highest BCUT2D eigenvalue weighted by Crippen LogP contribution is 2.26. The van der Waals surface area contributed by atoms with E-state index in [0.717, 1.165) is 30.8 Å². The SMILES string of the molecule is CC(=O)c1csc(C(=O)Nc2ccc3c(c2)CCCN3)c1.Cl. The van der Waals surface area contributed by atoms with Gasteiger partial charge in [-0.2, -0.15) is 0 Å². The summed E-state index contributed by atoms with van der Waals surface area (Å²) in [6.45, 7) is 2.50. The molecule has 1 aliphatic rings. The van der Waals surface area contributed by atoms with E-state index in [1.165, 1.54) is 23.8 Å². The number of aryl methyl sites for hydroxylation is 1. The van der Waals surface area contributed by atoms with Crippen LogP contribution in [0.25, 0.3) is 0 Å². The molecule has 2 N–H and O–H groups in total. The number of thiophene rings is 1. The van der Waals surface area contributed by atoms with Gasteiger partial charge in [-0.3, -0.25) is 9.59 Å². The molecule has 0 spiro atoms. The number of Topliss-reactive ketones (excluding diaryl/α,β-unsaturated/α-hetero) is 1. The molecule has 0 atom stereocenters. The number of carbonyl (C=O) groups excluding carboxylic acids is 2. The number of carbonyl (C=O) groups is 2. The van der Waals surface area contributed by atoms with Crippen LogP contribution in [-0.2, 0) is 6.42 Å². The molecule has 1 aromatic carbocycles. The molecule has 2 aromatic rings. The number of amides is 1. The van der Waals surface area contributed by atoms with Crippen LogP contribution in [0.5, 0.6) is 0 Å². The zero-order valence-corrected chi connectivity index (χ0v) is 13.8. The molecule has 1 amide bonds. The Bertz CT molecular complexity index is 712. The highest BCUT2D eigenvalue weighted by molar-refractivity contribution is 7.12. The molecule has 2 heterocycles. The van der Waals surface area contributed by atoms with E-state index in [9.17, 15) is 9.59 Å². The fourth-order valence-corrected chi connectivity index (χ4v) is 3.23. The number of fused-ring (bicyclic) bond motifs is 1. The van der Waals surface area contributed by atoms with E-state index in [4.69, 9.17) is 0 Å². The molecule has 1 aromatic heterocycles.